The van der Waals surface area contributed by atoms with Gasteiger partial charge < -0.3 is 9.94 Å². The standard InChI is InChI=1S/C13H11NO2S/c15-12-9-17-13-11(12)6-7-14(13)16-8-10-4-2-1-3-5-10/h1-7,9,15H,8H2. The van der Waals surface area contributed by atoms with Gasteiger partial charge in [0.25, 0.3) is 0 Å². The Kier molecular flexibility index (Phi) is 2.49. The summed E-state index contributed by atoms with van der Waals surface area (Å²) >= 11 is 1.47. The average Bonchev–Trinajstić information content (AvgIpc) is 2.92. The molecule has 0 atom stereocenters. The van der Waals surface area contributed by atoms with E-state index < -0.39 is 0 Å². The molecule has 1 N–H and O–H groups in total. The number of fused-ring (bicyclic) bond motifs is 1. The topological polar surface area (TPSA) is 34.4 Å². The normalized spacial score (nSPS) is 10.8. The lowest BCUT2D eigenvalue weighted by molar-refractivity contribution is 0.108. The smallest absolute Gasteiger partial charge is 0.143 e. The summed E-state index contributed by atoms with van der Waals surface area (Å²) in [5.74, 6) is 0.312. The summed E-state index contributed by atoms with van der Waals surface area (Å²) in [6.45, 7) is 0.517. The lowest BCUT2D eigenvalue weighted by Gasteiger charge is -2.06. The highest BCUT2D eigenvalue weighted by Gasteiger charge is 2.08. The van der Waals surface area contributed by atoms with Crippen LogP contribution in [-0.2, 0) is 6.61 Å². The van der Waals surface area contributed by atoms with Crippen molar-refractivity contribution in [2.24, 2.45) is 0 Å². The van der Waals surface area contributed by atoms with Gasteiger partial charge in [0.15, 0.2) is 0 Å². The molecule has 0 radical (unpaired) electrons. The van der Waals surface area contributed by atoms with Crippen LogP contribution in [0.5, 0.6) is 5.75 Å². The second-order valence-electron chi connectivity index (χ2n) is 3.74. The van der Waals surface area contributed by atoms with Crippen LogP contribution in [0, 0.1) is 0 Å². The Labute approximate surface area is 102 Å². The third kappa shape index (κ3) is 1.87. The van der Waals surface area contributed by atoms with Gasteiger partial charge in [0, 0.05) is 11.6 Å². The number of aromatic nitrogens is 1. The van der Waals surface area contributed by atoms with Crippen molar-refractivity contribution < 1.29 is 9.94 Å². The van der Waals surface area contributed by atoms with Crippen molar-refractivity contribution in [3.63, 3.8) is 0 Å². The number of nitrogens with zero attached hydrogens (tertiary/aromatic N) is 1. The monoisotopic (exact) mass is 245 g/mol. The molecule has 0 saturated heterocycles. The molecule has 4 heteroatoms. The Morgan fingerprint density at radius 3 is 2.82 bits per heavy atom. The van der Waals surface area contributed by atoms with E-state index in [-0.39, 0.29) is 0 Å². The van der Waals surface area contributed by atoms with Crippen molar-refractivity contribution in [1.82, 2.24) is 4.73 Å². The first-order valence-corrected chi connectivity index (χ1v) is 6.17. The van der Waals surface area contributed by atoms with Gasteiger partial charge in [-0.15, -0.1) is 11.3 Å². The summed E-state index contributed by atoms with van der Waals surface area (Å²) in [7, 11) is 0. The molecule has 2 heterocycles. The Morgan fingerprint density at radius 2 is 2.00 bits per heavy atom. The first-order chi connectivity index (χ1) is 8.34. The minimum absolute atomic E-state index is 0.312. The molecule has 1 aromatic carbocycles. The van der Waals surface area contributed by atoms with Crippen LogP contribution < -0.4 is 4.84 Å². The molecule has 0 aliphatic rings. The van der Waals surface area contributed by atoms with Crippen LogP contribution in [0.25, 0.3) is 10.2 Å². The third-order valence-electron chi connectivity index (χ3n) is 2.58. The van der Waals surface area contributed by atoms with E-state index in [2.05, 4.69) is 0 Å². The summed E-state index contributed by atoms with van der Waals surface area (Å²) in [5, 5.41) is 12.1. The van der Waals surface area contributed by atoms with E-state index in [1.54, 1.807) is 10.1 Å². The summed E-state index contributed by atoms with van der Waals surface area (Å²) in [6.07, 6.45) is 1.82. The predicted octanol–water partition coefficient (Wildman–Crippen LogP) is 3.04. The number of thiophene rings is 1. The molecule has 0 aliphatic carbocycles. The van der Waals surface area contributed by atoms with Crippen LogP contribution in [-0.4, -0.2) is 9.84 Å². The van der Waals surface area contributed by atoms with Gasteiger partial charge in [0.05, 0.1) is 5.39 Å². The average molecular weight is 245 g/mol. The summed E-state index contributed by atoms with van der Waals surface area (Å²) in [6, 6.07) is 11.8. The molecule has 0 saturated carbocycles. The van der Waals surface area contributed by atoms with Crippen molar-refractivity contribution in [3.05, 3.63) is 53.5 Å². The maximum Gasteiger partial charge on any atom is 0.143 e. The van der Waals surface area contributed by atoms with E-state index in [9.17, 15) is 5.11 Å². The number of rotatable bonds is 3. The molecule has 0 spiro atoms. The maximum atomic E-state index is 9.55. The SMILES string of the molecule is Oc1csc2c1ccn2OCc1ccccc1. The molecule has 0 bridgehead atoms. The highest BCUT2D eigenvalue weighted by molar-refractivity contribution is 7.17. The van der Waals surface area contributed by atoms with Crippen molar-refractivity contribution in [2.45, 2.75) is 6.61 Å². The highest BCUT2D eigenvalue weighted by atomic mass is 32.1. The Hall–Kier alpha value is -1.94. The Balaban J connectivity index is 1.81. The lowest BCUT2D eigenvalue weighted by Crippen LogP contribution is -2.08. The highest BCUT2D eigenvalue weighted by Crippen LogP contribution is 2.31. The molecular formula is C13H11NO2S. The number of hydrogen-bond acceptors (Lipinski definition) is 3. The predicted molar refractivity (Wildman–Crippen MR) is 68.2 cm³/mol. The fourth-order valence-electron chi connectivity index (χ4n) is 1.71. The van der Waals surface area contributed by atoms with Gasteiger partial charge >= 0.3 is 0 Å². The fraction of sp³-hybridized carbons (Fsp3) is 0.0769. The van der Waals surface area contributed by atoms with Gasteiger partial charge in [0.2, 0.25) is 0 Å². The molecule has 3 nitrogen and oxygen atoms in total. The second-order valence-corrected chi connectivity index (χ2v) is 4.60. The van der Waals surface area contributed by atoms with Crippen LogP contribution in [0.15, 0.2) is 48.0 Å². The quantitative estimate of drug-likeness (QED) is 0.769. The fourth-order valence-corrected chi connectivity index (χ4v) is 2.57. The lowest BCUT2D eigenvalue weighted by atomic mass is 10.2. The third-order valence-corrected chi connectivity index (χ3v) is 3.54. The van der Waals surface area contributed by atoms with Crippen LogP contribution in [0.4, 0.5) is 0 Å². The first kappa shape index (κ1) is 10.2. The second kappa shape index (κ2) is 4.14. The van der Waals surface area contributed by atoms with Crippen LogP contribution in [0.1, 0.15) is 5.56 Å². The Bertz CT molecular complexity index is 627. The molecule has 0 fully saturated rings. The Morgan fingerprint density at radius 1 is 1.18 bits per heavy atom. The molecule has 0 amide bonds. The van der Waals surface area contributed by atoms with Crippen molar-refractivity contribution in [1.29, 1.82) is 0 Å². The maximum absolute atomic E-state index is 9.55. The molecule has 17 heavy (non-hydrogen) atoms. The van der Waals surface area contributed by atoms with E-state index in [0.29, 0.717) is 12.4 Å². The van der Waals surface area contributed by atoms with E-state index in [4.69, 9.17) is 4.84 Å². The summed E-state index contributed by atoms with van der Waals surface area (Å²) < 4.78 is 1.70. The molecule has 3 rings (SSSR count). The zero-order valence-corrected chi connectivity index (χ0v) is 9.85. The van der Waals surface area contributed by atoms with E-state index in [0.717, 1.165) is 15.8 Å². The zero-order chi connectivity index (χ0) is 11.7. The number of aromatic hydroxyl groups is 1. The van der Waals surface area contributed by atoms with Crippen LogP contribution in [0.2, 0.25) is 0 Å². The number of benzene rings is 1. The van der Waals surface area contributed by atoms with Gasteiger partial charge in [-0.2, -0.15) is 4.73 Å². The van der Waals surface area contributed by atoms with Crippen molar-refractivity contribution >= 4 is 21.6 Å². The van der Waals surface area contributed by atoms with Crippen LogP contribution in [0.3, 0.4) is 0 Å². The van der Waals surface area contributed by atoms with Crippen molar-refractivity contribution in [3.8, 4) is 5.75 Å². The molecule has 86 valence electrons. The van der Waals surface area contributed by atoms with Gasteiger partial charge in [-0.1, -0.05) is 30.3 Å². The van der Waals surface area contributed by atoms with Gasteiger partial charge in [-0.05, 0) is 11.6 Å². The summed E-state index contributed by atoms with van der Waals surface area (Å²) in [4.78, 5) is 6.60. The van der Waals surface area contributed by atoms with Crippen molar-refractivity contribution in [2.75, 3.05) is 0 Å². The molecule has 0 aliphatic heterocycles. The minimum Gasteiger partial charge on any atom is -0.506 e. The zero-order valence-electron chi connectivity index (χ0n) is 9.04. The molecular weight excluding hydrogens is 234 g/mol. The molecule has 3 aromatic rings. The number of hydrogen-bond donors (Lipinski definition) is 1. The van der Waals surface area contributed by atoms with Crippen LogP contribution >= 0.6 is 11.3 Å². The molecule has 0 unspecified atom stereocenters. The minimum atomic E-state index is 0.312. The van der Waals surface area contributed by atoms with Gasteiger partial charge in [-0.3, -0.25) is 0 Å². The van der Waals surface area contributed by atoms with Gasteiger partial charge in [0.1, 0.15) is 17.2 Å². The summed E-state index contributed by atoms with van der Waals surface area (Å²) in [5.41, 5.74) is 1.12. The van der Waals surface area contributed by atoms with E-state index in [1.807, 2.05) is 42.6 Å². The van der Waals surface area contributed by atoms with E-state index in [1.165, 1.54) is 11.3 Å². The molecule has 2 aromatic heterocycles. The van der Waals surface area contributed by atoms with Gasteiger partial charge in [-0.25, -0.2) is 0 Å². The largest absolute Gasteiger partial charge is 0.506 e. The first-order valence-electron chi connectivity index (χ1n) is 5.29. The van der Waals surface area contributed by atoms with E-state index >= 15 is 0 Å².